The first-order valence-corrected chi connectivity index (χ1v) is 7.25. The Bertz CT molecular complexity index is 597. The van der Waals surface area contributed by atoms with Crippen molar-refractivity contribution in [3.63, 3.8) is 0 Å². The predicted octanol–water partition coefficient (Wildman–Crippen LogP) is 4.15. The van der Waals surface area contributed by atoms with E-state index >= 15 is 0 Å². The maximum atomic E-state index is 13.7. The van der Waals surface area contributed by atoms with Gasteiger partial charge in [0.1, 0.15) is 5.82 Å². The largest absolute Gasteiger partial charge is 0.294 e. The third kappa shape index (κ3) is 2.72. The number of nitrogens with zero attached hydrogens (tertiary/aromatic N) is 1. The Balaban J connectivity index is 1.78. The predicted molar refractivity (Wildman–Crippen MR) is 78.4 cm³/mol. The third-order valence-corrected chi connectivity index (χ3v) is 4.38. The van der Waals surface area contributed by atoms with E-state index in [2.05, 4.69) is 39.0 Å². The number of fused-ring (bicyclic) bond motifs is 1. The fraction of sp³-hybridized carbons (Fsp3) is 0.250. The van der Waals surface area contributed by atoms with Crippen molar-refractivity contribution in [2.45, 2.75) is 19.5 Å². The van der Waals surface area contributed by atoms with Crippen molar-refractivity contribution in [3.05, 3.63) is 69.4 Å². The number of rotatable bonds is 2. The van der Waals surface area contributed by atoms with E-state index in [-0.39, 0.29) is 5.82 Å². The average Bonchev–Trinajstić information content (AvgIpc) is 2.42. The zero-order valence-electron chi connectivity index (χ0n) is 10.6. The monoisotopic (exact) mass is 319 g/mol. The lowest BCUT2D eigenvalue weighted by molar-refractivity contribution is 0.242. The molecule has 0 amide bonds. The Morgan fingerprint density at radius 1 is 1.11 bits per heavy atom. The average molecular weight is 320 g/mol. The first-order valence-electron chi connectivity index (χ1n) is 6.46. The van der Waals surface area contributed by atoms with E-state index in [0.717, 1.165) is 25.1 Å². The molecule has 0 bridgehead atoms. The van der Waals surface area contributed by atoms with Crippen LogP contribution < -0.4 is 0 Å². The number of hydrogen-bond donors (Lipinski definition) is 0. The van der Waals surface area contributed by atoms with Gasteiger partial charge in [0.15, 0.2) is 0 Å². The van der Waals surface area contributed by atoms with Gasteiger partial charge in [-0.25, -0.2) is 4.39 Å². The molecule has 0 fully saturated rings. The van der Waals surface area contributed by atoms with Crippen LogP contribution in [0.4, 0.5) is 4.39 Å². The summed E-state index contributed by atoms with van der Waals surface area (Å²) in [4.78, 5) is 2.30. The molecule has 0 aliphatic carbocycles. The van der Waals surface area contributed by atoms with Crippen LogP contribution in [0.3, 0.4) is 0 Å². The minimum Gasteiger partial charge on any atom is -0.294 e. The Kier molecular flexibility index (Phi) is 3.67. The van der Waals surface area contributed by atoms with Crippen LogP contribution >= 0.6 is 15.9 Å². The molecule has 0 saturated heterocycles. The molecule has 0 aromatic heterocycles. The smallest absolute Gasteiger partial charge is 0.127 e. The lowest BCUT2D eigenvalue weighted by atomic mass is 9.99. The molecule has 3 rings (SSSR count). The van der Waals surface area contributed by atoms with Gasteiger partial charge in [-0.2, -0.15) is 0 Å². The van der Waals surface area contributed by atoms with Crippen molar-refractivity contribution in [2.75, 3.05) is 6.54 Å². The lowest BCUT2D eigenvalue weighted by Gasteiger charge is -2.29. The first kappa shape index (κ1) is 12.8. The SMILES string of the molecule is Fc1ccccc1CN1CCc2c(Br)cccc2C1. The van der Waals surface area contributed by atoms with Crippen LogP contribution in [0.2, 0.25) is 0 Å². The molecule has 1 nitrogen and oxygen atoms in total. The number of hydrogen-bond acceptors (Lipinski definition) is 1. The fourth-order valence-electron chi connectivity index (χ4n) is 2.62. The van der Waals surface area contributed by atoms with Crippen LogP contribution in [-0.2, 0) is 19.5 Å². The van der Waals surface area contributed by atoms with Crippen molar-refractivity contribution in [1.29, 1.82) is 0 Å². The minimum atomic E-state index is -0.109. The van der Waals surface area contributed by atoms with Gasteiger partial charge in [0.25, 0.3) is 0 Å². The van der Waals surface area contributed by atoms with Crippen LogP contribution in [0.1, 0.15) is 16.7 Å². The van der Waals surface area contributed by atoms with Crippen molar-refractivity contribution < 1.29 is 4.39 Å². The fourth-order valence-corrected chi connectivity index (χ4v) is 3.23. The highest BCUT2D eigenvalue weighted by atomic mass is 79.9. The van der Waals surface area contributed by atoms with Gasteiger partial charge in [0.05, 0.1) is 0 Å². The normalized spacial score (nSPS) is 15.3. The Labute approximate surface area is 121 Å². The quantitative estimate of drug-likeness (QED) is 0.804. The van der Waals surface area contributed by atoms with Crippen LogP contribution in [-0.4, -0.2) is 11.4 Å². The van der Waals surface area contributed by atoms with E-state index in [1.165, 1.54) is 21.7 Å². The maximum absolute atomic E-state index is 13.7. The summed E-state index contributed by atoms with van der Waals surface area (Å²) in [6.45, 7) is 2.55. The molecule has 0 spiro atoms. The molecule has 0 unspecified atom stereocenters. The first-order chi connectivity index (χ1) is 9.24. The van der Waals surface area contributed by atoms with Crippen molar-refractivity contribution >= 4 is 15.9 Å². The molecule has 3 heteroatoms. The summed E-state index contributed by atoms with van der Waals surface area (Å²) in [5.41, 5.74) is 3.52. The van der Waals surface area contributed by atoms with E-state index in [1.807, 2.05) is 12.1 Å². The molecule has 0 saturated carbocycles. The molecule has 0 atom stereocenters. The Hall–Kier alpha value is -1.19. The molecule has 1 aliphatic heterocycles. The van der Waals surface area contributed by atoms with Crippen molar-refractivity contribution in [3.8, 4) is 0 Å². The second-order valence-electron chi connectivity index (χ2n) is 4.93. The highest BCUT2D eigenvalue weighted by Gasteiger charge is 2.18. The second kappa shape index (κ2) is 5.43. The molecule has 0 N–H and O–H groups in total. The Morgan fingerprint density at radius 2 is 1.95 bits per heavy atom. The molecule has 19 heavy (non-hydrogen) atoms. The second-order valence-corrected chi connectivity index (χ2v) is 5.78. The molecule has 1 aliphatic rings. The zero-order valence-corrected chi connectivity index (χ0v) is 12.2. The van der Waals surface area contributed by atoms with Gasteiger partial charge in [0.2, 0.25) is 0 Å². The highest BCUT2D eigenvalue weighted by Crippen LogP contribution is 2.27. The lowest BCUT2D eigenvalue weighted by Crippen LogP contribution is -2.30. The molecular formula is C16H15BrFN. The summed E-state index contributed by atoms with van der Waals surface area (Å²) in [5.74, 6) is -0.109. The van der Waals surface area contributed by atoms with Gasteiger partial charge in [0, 0.05) is 29.7 Å². The van der Waals surface area contributed by atoms with Crippen LogP contribution in [0.15, 0.2) is 46.9 Å². The summed E-state index contributed by atoms with van der Waals surface area (Å²) in [7, 11) is 0. The summed E-state index contributed by atoms with van der Waals surface area (Å²) in [5, 5.41) is 0. The number of benzene rings is 2. The van der Waals surface area contributed by atoms with Crippen LogP contribution in [0.5, 0.6) is 0 Å². The van der Waals surface area contributed by atoms with E-state index in [9.17, 15) is 4.39 Å². The van der Waals surface area contributed by atoms with E-state index < -0.39 is 0 Å². The molecule has 1 heterocycles. The topological polar surface area (TPSA) is 3.24 Å². The minimum absolute atomic E-state index is 0.109. The number of halogens is 2. The molecule has 0 radical (unpaired) electrons. The molecular weight excluding hydrogens is 305 g/mol. The molecule has 2 aromatic carbocycles. The molecule has 98 valence electrons. The van der Waals surface area contributed by atoms with Crippen LogP contribution in [0.25, 0.3) is 0 Å². The van der Waals surface area contributed by atoms with Gasteiger partial charge in [-0.1, -0.05) is 46.3 Å². The summed E-state index contributed by atoms with van der Waals surface area (Å²) in [6.07, 6.45) is 1.02. The van der Waals surface area contributed by atoms with E-state index in [0.29, 0.717) is 6.54 Å². The summed E-state index contributed by atoms with van der Waals surface area (Å²) in [6, 6.07) is 13.3. The summed E-state index contributed by atoms with van der Waals surface area (Å²) < 4.78 is 14.9. The highest BCUT2D eigenvalue weighted by molar-refractivity contribution is 9.10. The third-order valence-electron chi connectivity index (χ3n) is 3.64. The summed E-state index contributed by atoms with van der Waals surface area (Å²) >= 11 is 3.60. The van der Waals surface area contributed by atoms with Gasteiger partial charge < -0.3 is 0 Å². The molecule has 2 aromatic rings. The standard InChI is InChI=1S/C16H15BrFN/c17-15-6-3-5-12-10-19(9-8-14(12)15)11-13-4-1-2-7-16(13)18/h1-7H,8-11H2. The van der Waals surface area contributed by atoms with Gasteiger partial charge in [-0.3, -0.25) is 4.90 Å². The Morgan fingerprint density at radius 3 is 2.79 bits per heavy atom. The van der Waals surface area contributed by atoms with E-state index in [4.69, 9.17) is 0 Å². The van der Waals surface area contributed by atoms with Crippen molar-refractivity contribution in [2.24, 2.45) is 0 Å². The van der Waals surface area contributed by atoms with Crippen molar-refractivity contribution in [1.82, 2.24) is 4.90 Å². The maximum Gasteiger partial charge on any atom is 0.127 e. The van der Waals surface area contributed by atoms with Gasteiger partial charge in [-0.05, 0) is 29.7 Å². The van der Waals surface area contributed by atoms with E-state index in [1.54, 1.807) is 6.07 Å². The zero-order chi connectivity index (χ0) is 13.2. The van der Waals surface area contributed by atoms with Gasteiger partial charge >= 0.3 is 0 Å². The van der Waals surface area contributed by atoms with Gasteiger partial charge in [-0.15, -0.1) is 0 Å². The van der Waals surface area contributed by atoms with Crippen LogP contribution in [0, 0.1) is 5.82 Å².